The fourth-order valence-electron chi connectivity index (χ4n) is 7.47. The summed E-state index contributed by atoms with van der Waals surface area (Å²) < 4.78 is 232. The number of benzene rings is 7. The first-order chi connectivity index (χ1) is 29.9. The van der Waals surface area contributed by atoms with Crippen molar-refractivity contribution in [1.82, 2.24) is 0 Å². The van der Waals surface area contributed by atoms with E-state index in [1.807, 2.05) is 0 Å². The average molecular weight is 909 g/mol. The molecule has 0 aliphatic carbocycles. The van der Waals surface area contributed by atoms with Crippen molar-refractivity contribution >= 4 is 36.8 Å². The van der Waals surface area contributed by atoms with Crippen LogP contribution in [-0.4, -0.2) is 14.9 Å². The van der Waals surface area contributed by atoms with Crippen LogP contribution in [0.4, 0.5) is 70.2 Å². The van der Waals surface area contributed by atoms with Gasteiger partial charge in [0.1, 0.15) is 29.4 Å². The molecule has 0 heterocycles. The van der Waals surface area contributed by atoms with Gasteiger partial charge >= 0.3 is 8.80 Å². The quantitative estimate of drug-likeness (QED) is 0.0555. The lowest BCUT2D eigenvalue weighted by Crippen LogP contribution is -2.78. The molecule has 0 nitrogen and oxygen atoms in total. The van der Waals surface area contributed by atoms with E-state index >= 15 is 17.6 Å². The van der Waals surface area contributed by atoms with Gasteiger partial charge in [-0.15, -0.1) is 0 Å². The third-order valence-corrected chi connectivity index (χ3v) is 13.0. The molecule has 324 valence electrons. The molecule has 7 aromatic carbocycles. The second kappa shape index (κ2) is 19.0. The van der Waals surface area contributed by atoms with Crippen LogP contribution in [-0.2, 0) is 18.1 Å². The standard InChI is InChI=1S/C24H4BF16.C21H21Si/c26-9-1-5(13(30)21(38)17(9)34)25(6-2-10(27)18(35)22(39)14(6)31,7-3-11(28)19(36)23(40)15(7)32)8-4-12(29)20(37)24(41)16(8)33;1-4-10-19(11-5-1)16-22(17-20-12-6-2-7-13-20)18-21-14-8-3-9-15-21/h1-4H;1-15H,16-18H2/q-1;+1. The van der Waals surface area contributed by atoms with E-state index in [0.717, 1.165) is 0 Å². The highest BCUT2D eigenvalue weighted by Gasteiger charge is 2.45. The largest absolute Gasteiger partial charge is 0.328 e. The van der Waals surface area contributed by atoms with E-state index < -0.39 is 154 Å². The lowest BCUT2D eigenvalue weighted by molar-refractivity contribution is 0.408. The monoisotopic (exact) mass is 908 g/mol. The summed E-state index contributed by atoms with van der Waals surface area (Å²) in [5, 5.41) is 0. The van der Waals surface area contributed by atoms with E-state index in [-0.39, 0.29) is 0 Å². The van der Waals surface area contributed by atoms with Crippen LogP contribution in [0.3, 0.4) is 0 Å². The lowest BCUT2D eigenvalue weighted by atomic mass is 9.12. The summed E-state index contributed by atoms with van der Waals surface area (Å²) in [5.41, 5.74) is -4.63. The Balaban J connectivity index is 0.000000251. The minimum atomic E-state index is -5.62. The van der Waals surface area contributed by atoms with Crippen LogP contribution >= 0.6 is 0 Å². The van der Waals surface area contributed by atoms with Gasteiger partial charge < -0.3 is 0 Å². The zero-order chi connectivity index (χ0) is 45.9. The Morgan fingerprint density at radius 1 is 0.270 bits per heavy atom. The van der Waals surface area contributed by atoms with Crippen LogP contribution in [0, 0.1) is 93.1 Å². The van der Waals surface area contributed by atoms with E-state index in [1.54, 1.807) is 0 Å². The van der Waals surface area contributed by atoms with Gasteiger partial charge in [0.25, 0.3) is 0 Å². The summed E-state index contributed by atoms with van der Waals surface area (Å²) in [5.74, 6) is -44.3. The summed E-state index contributed by atoms with van der Waals surface area (Å²) in [6.07, 6.45) is -5.62. The molecule has 0 saturated carbocycles. The number of hydrogen-bond donors (Lipinski definition) is 0. The zero-order valence-corrected chi connectivity index (χ0v) is 32.7. The second-order valence-corrected chi connectivity index (χ2v) is 16.7. The van der Waals surface area contributed by atoms with Gasteiger partial charge in [-0.1, -0.05) is 115 Å². The SMILES string of the molecule is Fc1cc([B-](c2cc(F)c(F)c(F)c2F)(c2cc(F)c(F)c(F)c2F)c2cc(F)c(F)c(F)c2F)c(F)c(F)c1F.c1ccc(C[Si+](Cc2ccccc2)Cc2ccccc2)cc1. The van der Waals surface area contributed by atoms with Gasteiger partial charge in [-0.3, -0.25) is 0 Å². The van der Waals surface area contributed by atoms with Crippen molar-refractivity contribution in [2.45, 2.75) is 18.1 Å². The van der Waals surface area contributed by atoms with Crippen LogP contribution in [0.15, 0.2) is 115 Å². The predicted molar refractivity (Wildman–Crippen MR) is 206 cm³/mol. The van der Waals surface area contributed by atoms with Gasteiger partial charge in [0, 0.05) is 0 Å². The third-order valence-electron chi connectivity index (χ3n) is 10.3. The van der Waals surface area contributed by atoms with Crippen LogP contribution in [0.2, 0.25) is 0 Å². The Hall–Kier alpha value is -6.30. The summed E-state index contributed by atoms with van der Waals surface area (Å²) in [6, 6.07) is 34.0. The van der Waals surface area contributed by atoms with Crippen molar-refractivity contribution in [1.29, 1.82) is 0 Å². The van der Waals surface area contributed by atoms with Crippen molar-refractivity contribution in [3.8, 4) is 0 Å². The third kappa shape index (κ3) is 8.99. The first-order valence-electron chi connectivity index (χ1n) is 18.3. The number of halogens is 16. The Morgan fingerprint density at radius 3 is 0.683 bits per heavy atom. The molecule has 18 heteroatoms. The van der Waals surface area contributed by atoms with Gasteiger partial charge in [-0.2, -0.15) is 21.9 Å². The molecule has 7 aromatic rings. The smallest absolute Gasteiger partial charge is 0.207 e. The molecule has 7 rings (SSSR count). The Kier molecular flexibility index (Phi) is 13.9. The van der Waals surface area contributed by atoms with E-state index in [1.165, 1.54) is 34.8 Å². The maximum Gasteiger partial charge on any atom is 0.328 e. The van der Waals surface area contributed by atoms with Crippen molar-refractivity contribution in [2.75, 3.05) is 0 Å². The van der Waals surface area contributed by atoms with Crippen LogP contribution in [0.5, 0.6) is 0 Å². The Labute approximate surface area is 349 Å². The van der Waals surface area contributed by atoms with Crippen molar-refractivity contribution in [2.24, 2.45) is 0 Å². The maximum atomic E-state index is 15.3. The van der Waals surface area contributed by atoms with Gasteiger partial charge in [-0.05, 0) is 16.7 Å². The molecule has 0 N–H and O–H groups in total. The number of rotatable bonds is 10. The van der Waals surface area contributed by atoms with Gasteiger partial charge in [0.05, 0.1) is 18.1 Å². The van der Waals surface area contributed by atoms with Crippen LogP contribution < -0.4 is 21.9 Å². The molecule has 0 saturated heterocycles. The van der Waals surface area contributed by atoms with Crippen molar-refractivity contribution in [3.05, 3.63) is 225 Å². The lowest BCUT2D eigenvalue weighted by Gasteiger charge is -2.44. The predicted octanol–water partition coefficient (Wildman–Crippen LogP) is 10.1. The average Bonchev–Trinajstić information content (AvgIpc) is 3.28. The molecule has 0 aromatic heterocycles. The van der Waals surface area contributed by atoms with Gasteiger partial charge in [0.15, 0.2) is 69.8 Å². The zero-order valence-electron chi connectivity index (χ0n) is 31.7. The summed E-state index contributed by atoms with van der Waals surface area (Å²) in [7, 11) is -0.502. The van der Waals surface area contributed by atoms with E-state index in [0.29, 0.717) is 0 Å². The molecule has 0 amide bonds. The molecular weight excluding hydrogens is 883 g/mol. The Morgan fingerprint density at radius 2 is 0.476 bits per heavy atom. The highest BCUT2D eigenvalue weighted by Crippen LogP contribution is 2.26. The minimum Gasteiger partial charge on any atom is -0.207 e. The molecule has 0 radical (unpaired) electrons. The normalized spacial score (nSPS) is 11.4. The summed E-state index contributed by atoms with van der Waals surface area (Å²) in [6.45, 7) is 0. The van der Waals surface area contributed by atoms with E-state index in [2.05, 4.69) is 91.0 Å². The first kappa shape index (κ1) is 46.2. The number of hydrogen-bond acceptors (Lipinski definition) is 0. The Bertz CT molecular complexity index is 2430. The van der Waals surface area contributed by atoms with Gasteiger partial charge in [0.2, 0.25) is 0 Å². The molecule has 0 bridgehead atoms. The first-order valence-corrected chi connectivity index (χ1v) is 20.5. The van der Waals surface area contributed by atoms with E-state index in [9.17, 15) is 52.7 Å². The van der Waals surface area contributed by atoms with Crippen molar-refractivity contribution < 1.29 is 70.2 Å². The molecule has 0 unspecified atom stereocenters. The molecule has 0 fully saturated rings. The second-order valence-electron chi connectivity index (χ2n) is 14.2. The highest BCUT2D eigenvalue weighted by molar-refractivity contribution is 7.20. The maximum absolute atomic E-state index is 15.3. The summed E-state index contributed by atoms with van der Waals surface area (Å²) >= 11 is 0. The molecule has 0 aliphatic heterocycles. The van der Waals surface area contributed by atoms with Crippen LogP contribution in [0.1, 0.15) is 16.7 Å². The molecule has 63 heavy (non-hydrogen) atoms. The van der Waals surface area contributed by atoms with Gasteiger partial charge in [-0.25, -0.2) is 70.2 Å². The van der Waals surface area contributed by atoms with Crippen molar-refractivity contribution in [3.63, 3.8) is 0 Å². The fraction of sp³-hybridized carbons (Fsp3) is 0.0667. The fourth-order valence-corrected chi connectivity index (χ4v) is 10.3. The highest BCUT2D eigenvalue weighted by atomic mass is 28.3. The molecular formula is C45H25BF16Si. The topological polar surface area (TPSA) is 0 Å². The molecule has 0 spiro atoms. The van der Waals surface area contributed by atoms with Crippen LogP contribution in [0.25, 0.3) is 0 Å². The van der Waals surface area contributed by atoms with E-state index in [4.69, 9.17) is 0 Å². The molecule has 0 atom stereocenters. The minimum absolute atomic E-state index is 0.502. The molecule has 0 aliphatic rings. The summed E-state index contributed by atoms with van der Waals surface area (Å²) in [4.78, 5) is 0.